The summed E-state index contributed by atoms with van der Waals surface area (Å²) >= 11 is 6.42. The van der Waals surface area contributed by atoms with Gasteiger partial charge < -0.3 is 14.3 Å². The number of H-pyrrole nitrogens is 1. The lowest BCUT2D eigenvalue weighted by atomic mass is 9.83. The number of imidazole rings is 1. The number of hydrogen-bond acceptors (Lipinski definition) is 7. The highest BCUT2D eigenvalue weighted by Crippen LogP contribution is 2.36. The van der Waals surface area contributed by atoms with Gasteiger partial charge in [-0.15, -0.1) is 5.10 Å². The van der Waals surface area contributed by atoms with Crippen molar-refractivity contribution in [3.63, 3.8) is 0 Å². The third-order valence-corrected chi connectivity index (χ3v) is 8.06. The second-order valence-electron chi connectivity index (χ2n) is 10.7. The van der Waals surface area contributed by atoms with Crippen LogP contribution in [0.3, 0.4) is 0 Å². The Balaban J connectivity index is 1.54. The monoisotopic (exact) mass is 557 g/mol. The first-order valence-corrected chi connectivity index (χ1v) is 14.3. The van der Waals surface area contributed by atoms with Crippen molar-refractivity contribution in [2.24, 2.45) is 11.8 Å². The molecule has 6 rings (SSSR count). The number of anilines is 1. The van der Waals surface area contributed by atoms with Gasteiger partial charge in [0.25, 0.3) is 5.89 Å². The van der Waals surface area contributed by atoms with E-state index in [1.165, 1.54) is 31.2 Å². The molecule has 0 aliphatic heterocycles. The van der Waals surface area contributed by atoms with Gasteiger partial charge in [-0.25, -0.2) is 19.9 Å². The summed E-state index contributed by atoms with van der Waals surface area (Å²) in [6.45, 7) is 5.29. The zero-order valence-corrected chi connectivity index (χ0v) is 23.4. The van der Waals surface area contributed by atoms with Crippen LogP contribution in [0.4, 0.5) is 5.95 Å². The highest BCUT2D eigenvalue weighted by atomic mass is 35.5. The van der Waals surface area contributed by atoms with Crippen LogP contribution in [-0.4, -0.2) is 29.7 Å². The summed E-state index contributed by atoms with van der Waals surface area (Å²) in [5, 5.41) is 10.6. The van der Waals surface area contributed by atoms with Crippen LogP contribution < -0.4 is 11.1 Å². The molecule has 1 atom stereocenters. The van der Waals surface area contributed by atoms with Crippen molar-refractivity contribution in [1.82, 2.24) is 29.7 Å². The average Bonchev–Trinajstić information content (AvgIpc) is 3.56. The summed E-state index contributed by atoms with van der Waals surface area (Å²) in [6, 6.07) is 18.0. The molecular formula is C30H32ClN7O2. The summed E-state index contributed by atoms with van der Waals surface area (Å²) < 4.78 is 7.46. The predicted octanol–water partition coefficient (Wildman–Crippen LogP) is 6.88. The fourth-order valence-electron chi connectivity index (χ4n) is 5.61. The van der Waals surface area contributed by atoms with Crippen molar-refractivity contribution in [1.29, 1.82) is 0 Å². The molecule has 206 valence electrons. The summed E-state index contributed by atoms with van der Waals surface area (Å²) in [6.07, 6.45) is 5.66. The van der Waals surface area contributed by atoms with Crippen molar-refractivity contribution < 1.29 is 4.42 Å². The van der Waals surface area contributed by atoms with Crippen molar-refractivity contribution in [2.45, 2.75) is 58.5 Å². The number of benzene rings is 2. The first-order chi connectivity index (χ1) is 19.5. The van der Waals surface area contributed by atoms with Crippen LogP contribution in [-0.2, 0) is 6.54 Å². The molecule has 5 aromatic rings. The molecule has 1 saturated carbocycles. The van der Waals surface area contributed by atoms with E-state index in [1.807, 2.05) is 30.3 Å². The molecular weight excluding hydrogens is 526 g/mol. The second kappa shape index (κ2) is 11.3. The van der Waals surface area contributed by atoms with E-state index < -0.39 is 5.76 Å². The number of aromatic nitrogens is 6. The third kappa shape index (κ3) is 5.38. The van der Waals surface area contributed by atoms with Gasteiger partial charge in [-0.05, 0) is 48.8 Å². The van der Waals surface area contributed by atoms with Gasteiger partial charge in [-0.1, -0.05) is 80.8 Å². The van der Waals surface area contributed by atoms with Crippen molar-refractivity contribution in [3.05, 3.63) is 75.7 Å². The smallest absolute Gasteiger partial charge is 0.384 e. The summed E-state index contributed by atoms with van der Waals surface area (Å²) in [5.74, 6) is 1.53. The molecule has 0 unspecified atom stereocenters. The fraction of sp³-hybridized carbons (Fsp3) is 0.367. The number of aromatic amines is 1. The van der Waals surface area contributed by atoms with Gasteiger partial charge in [0.05, 0.1) is 6.04 Å². The maximum atomic E-state index is 11.7. The van der Waals surface area contributed by atoms with E-state index in [9.17, 15) is 4.79 Å². The summed E-state index contributed by atoms with van der Waals surface area (Å²) in [4.78, 5) is 26.3. The summed E-state index contributed by atoms with van der Waals surface area (Å²) in [7, 11) is 0. The molecule has 2 aromatic carbocycles. The van der Waals surface area contributed by atoms with E-state index >= 15 is 0 Å². The maximum Gasteiger partial charge on any atom is 0.434 e. The van der Waals surface area contributed by atoms with Crippen LogP contribution in [0.25, 0.3) is 34.1 Å². The van der Waals surface area contributed by atoms with Gasteiger partial charge in [-0.2, -0.15) is 4.98 Å². The van der Waals surface area contributed by atoms with Gasteiger partial charge in [0.2, 0.25) is 11.8 Å². The van der Waals surface area contributed by atoms with E-state index in [0.717, 1.165) is 35.9 Å². The molecule has 40 heavy (non-hydrogen) atoms. The second-order valence-corrected chi connectivity index (χ2v) is 11.1. The molecule has 2 N–H and O–H groups in total. The van der Waals surface area contributed by atoms with Crippen molar-refractivity contribution in [3.8, 4) is 23.0 Å². The lowest BCUT2D eigenvalue weighted by Crippen LogP contribution is -2.20. The molecule has 1 aliphatic carbocycles. The molecule has 10 heteroatoms. The van der Waals surface area contributed by atoms with Gasteiger partial charge in [-0.3, -0.25) is 0 Å². The van der Waals surface area contributed by atoms with E-state index in [4.69, 9.17) is 31.0 Å². The number of rotatable bonds is 8. The minimum atomic E-state index is -0.670. The number of fused-ring (bicyclic) bond motifs is 1. The van der Waals surface area contributed by atoms with Crippen molar-refractivity contribution >= 4 is 28.7 Å². The Morgan fingerprint density at radius 3 is 2.58 bits per heavy atom. The largest absolute Gasteiger partial charge is 0.434 e. The molecule has 1 fully saturated rings. The van der Waals surface area contributed by atoms with Crippen LogP contribution in [0.15, 0.2) is 63.8 Å². The number of nitrogens with zero attached hydrogens (tertiary/aromatic N) is 5. The Labute approximate surface area is 237 Å². The van der Waals surface area contributed by atoms with E-state index in [2.05, 4.69) is 58.2 Å². The molecule has 3 aromatic heterocycles. The third-order valence-electron chi connectivity index (χ3n) is 7.82. The lowest BCUT2D eigenvalue weighted by Gasteiger charge is -2.28. The molecule has 0 spiro atoms. The highest BCUT2D eigenvalue weighted by Gasteiger charge is 2.26. The topological polar surface area (TPSA) is 115 Å². The zero-order chi connectivity index (χ0) is 27.6. The first kappa shape index (κ1) is 26.3. The van der Waals surface area contributed by atoms with Crippen LogP contribution in [0, 0.1) is 11.8 Å². The minimum absolute atomic E-state index is 0.0104. The molecule has 0 saturated heterocycles. The minimum Gasteiger partial charge on any atom is -0.384 e. The normalized spacial score (nSPS) is 18.2. The summed E-state index contributed by atoms with van der Waals surface area (Å²) in [5.41, 5.74) is 3.98. The Hall–Kier alpha value is -3.98. The number of halogens is 1. The Morgan fingerprint density at radius 2 is 1.88 bits per heavy atom. The molecule has 0 radical (unpaired) electrons. The van der Waals surface area contributed by atoms with E-state index in [1.54, 1.807) is 0 Å². The molecule has 0 amide bonds. The lowest BCUT2D eigenvalue weighted by molar-refractivity contribution is 0.267. The van der Waals surface area contributed by atoms with Crippen LogP contribution >= 0.6 is 11.6 Å². The molecule has 1 aliphatic rings. The molecule has 0 bridgehead atoms. The quantitative estimate of drug-likeness (QED) is 0.214. The van der Waals surface area contributed by atoms with Gasteiger partial charge >= 0.3 is 5.76 Å². The van der Waals surface area contributed by atoms with Gasteiger partial charge in [0.15, 0.2) is 5.65 Å². The van der Waals surface area contributed by atoms with E-state index in [0.29, 0.717) is 22.3 Å². The van der Waals surface area contributed by atoms with Crippen LogP contribution in [0.5, 0.6) is 0 Å². The van der Waals surface area contributed by atoms with Crippen molar-refractivity contribution in [2.75, 3.05) is 5.32 Å². The highest BCUT2D eigenvalue weighted by molar-refractivity contribution is 6.30. The predicted molar refractivity (Wildman–Crippen MR) is 156 cm³/mol. The van der Waals surface area contributed by atoms with Gasteiger partial charge in [0, 0.05) is 17.1 Å². The maximum absolute atomic E-state index is 11.7. The molecule has 3 heterocycles. The Morgan fingerprint density at radius 1 is 1.07 bits per heavy atom. The average molecular weight is 558 g/mol. The van der Waals surface area contributed by atoms with Crippen LogP contribution in [0.2, 0.25) is 5.02 Å². The SMILES string of the molecule is CC[C@H](Nc1nc2nc(-c3n[nH]c(=O)o3)nc(-c3cccc(Cl)c3)c2n1CC1CCC(C)CC1)c1ccccc1. The Kier molecular flexibility index (Phi) is 7.38. The molecule has 9 nitrogen and oxygen atoms in total. The van der Waals surface area contributed by atoms with E-state index in [-0.39, 0.29) is 17.8 Å². The van der Waals surface area contributed by atoms with Crippen LogP contribution in [0.1, 0.15) is 57.6 Å². The standard InChI is InChI=1S/C30H32ClN7O2/c1-3-23(20-8-5-4-6-9-20)32-29-35-26-25(38(29)17-19-14-12-18(2)13-15-19)24(21-10-7-11-22(31)16-21)33-27(34-26)28-36-37-30(39)40-28/h4-11,16,18-19,23H,3,12-15,17H2,1-2H3,(H,37,39)(H,32,33,34,35)/t18?,19?,23-/m0/s1. The number of nitrogens with one attached hydrogen (secondary N) is 2. The number of hydrogen-bond donors (Lipinski definition) is 2. The fourth-order valence-corrected chi connectivity index (χ4v) is 5.80. The zero-order valence-electron chi connectivity index (χ0n) is 22.6. The van der Waals surface area contributed by atoms with Gasteiger partial charge in [0.1, 0.15) is 11.2 Å². The Bertz CT molecular complexity index is 1670. The first-order valence-electron chi connectivity index (χ1n) is 13.9.